The molecule has 0 saturated carbocycles. The highest BCUT2D eigenvalue weighted by molar-refractivity contribution is 9.10. The van der Waals surface area contributed by atoms with Crippen molar-refractivity contribution in [3.05, 3.63) is 40.4 Å². The van der Waals surface area contributed by atoms with Gasteiger partial charge in [0.25, 0.3) is 5.91 Å². The van der Waals surface area contributed by atoms with Gasteiger partial charge in [0.05, 0.1) is 12.1 Å². The number of aromatic nitrogens is 1. The third-order valence-electron chi connectivity index (χ3n) is 2.87. The molecule has 0 unspecified atom stereocenters. The molecule has 1 amide bonds. The first-order valence-electron chi connectivity index (χ1n) is 5.80. The van der Waals surface area contributed by atoms with Crippen molar-refractivity contribution in [3.8, 4) is 5.88 Å². The largest absolute Gasteiger partial charge is 0.474 e. The van der Waals surface area contributed by atoms with Crippen LogP contribution in [0.1, 0.15) is 15.9 Å². The van der Waals surface area contributed by atoms with E-state index < -0.39 is 0 Å². The summed E-state index contributed by atoms with van der Waals surface area (Å²) in [4.78, 5) is 18.3. The standard InChI is InChI=1S/C13H11BrN2O3/c1-8-4-10-12(15-6-8)18-3-2-16(10)13(17)9-5-11(14)19-7-9/h4-7H,2-3H2,1H3. The van der Waals surface area contributed by atoms with Gasteiger partial charge in [0, 0.05) is 12.3 Å². The fourth-order valence-electron chi connectivity index (χ4n) is 1.99. The maximum atomic E-state index is 12.4. The molecule has 0 fully saturated rings. The molecule has 5 nitrogen and oxygen atoms in total. The Morgan fingerprint density at radius 1 is 1.47 bits per heavy atom. The van der Waals surface area contributed by atoms with Crippen LogP contribution < -0.4 is 9.64 Å². The summed E-state index contributed by atoms with van der Waals surface area (Å²) in [6.07, 6.45) is 3.16. The average Bonchev–Trinajstić information content (AvgIpc) is 2.84. The second-order valence-electron chi connectivity index (χ2n) is 4.28. The van der Waals surface area contributed by atoms with Crippen molar-refractivity contribution in [3.63, 3.8) is 0 Å². The molecule has 98 valence electrons. The van der Waals surface area contributed by atoms with E-state index in [4.69, 9.17) is 9.15 Å². The topological polar surface area (TPSA) is 55.6 Å². The molecule has 0 saturated heterocycles. The lowest BCUT2D eigenvalue weighted by Gasteiger charge is -2.28. The lowest BCUT2D eigenvalue weighted by molar-refractivity contribution is 0.0975. The molecule has 0 spiro atoms. The van der Waals surface area contributed by atoms with E-state index >= 15 is 0 Å². The summed E-state index contributed by atoms with van der Waals surface area (Å²) in [6.45, 7) is 2.87. The number of halogens is 1. The first-order chi connectivity index (χ1) is 9.15. The monoisotopic (exact) mass is 322 g/mol. The summed E-state index contributed by atoms with van der Waals surface area (Å²) in [7, 11) is 0. The zero-order chi connectivity index (χ0) is 13.4. The van der Waals surface area contributed by atoms with Crippen LogP contribution in [0.15, 0.2) is 33.7 Å². The molecule has 2 aromatic heterocycles. The van der Waals surface area contributed by atoms with Crippen molar-refractivity contribution < 1.29 is 13.9 Å². The second-order valence-corrected chi connectivity index (χ2v) is 5.06. The number of furan rings is 1. The minimum absolute atomic E-state index is 0.119. The SMILES string of the molecule is Cc1cnc2c(c1)N(C(=O)c1coc(Br)c1)CCO2. The van der Waals surface area contributed by atoms with E-state index in [-0.39, 0.29) is 5.91 Å². The molecule has 1 aliphatic heterocycles. The Morgan fingerprint density at radius 3 is 3.05 bits per heavy atom. The van der Waals surface area contributed by atoms with Crippen LogP contribution in [0.3, 0.4) is 0 Å². The van der Waals surface area contributed by atoms with E-state index in [0.29, 0.717) is 35.0 Å². The Morgan fingerprint density at radius 2 is 2.32 bits per heavy atom. The first-order valence-corrected chi connectivity index (χ1v) is 6.60. The number of aryl methyl sites for hydroxylation is 1. The van der Waals surface area contributed by atoms with Gasteiger partial charge in [0.15, 0.2) is 4.67 Å². The normalized spacial score (nSPS) is 13.9. The van der Waals surface area contributed by atoms with Gasteiger partial charge in [-0.3, -0.25) is 9.69 Å². The Hall–Kier alpha value is -1.82. The minimum atomic E-state index is -0.119. The number of hydrogen-bond acceptors (Lipinski definition) is 4. The number of amides is 1. The van der Waals surface area contributed by atoms with Crippen LogP contribution in [-0.4, -0.2) is 24.0 Å². The molecule has 3 rings (SSSR count). The van der Waals surface area contributed by atoms with E-state index in [1.165, 1.54) is 6.26 Å². The number of fused-ring (bicyclic) bond motifs is 1. The summed E-state index contributed by atoms with van der Waals surface area (Å²) >= 11 is 3.19. The molecule has 3 heterocycles. The second kappa shape index (κ2) is 4.70. The predicted octanol–water partition coefficient (Wildman–Crippen LogP) is 2.78. The molecule has 0 radical (unpaired) electrons. The third kappa shape index (κ3) is 2.23. The van der Waals surface area contributed by atoms with Crippen molar-refractivity contribution in [1.29, 1.82) is 0 Å². The number of rotatable bonds is 1. The van der Waals surface area contributed by atoms with Crippen molar-refractivity contribution in [2.24, 2.45) is 0 Å². The number of anilines is 1. The minimum Gasteiger partial charge on any atom is -0.474 e. The van der Waals surface area contributed by atoms with Crippen molar-refractivity contribution in [1.82, 2.24) is 4.98 Å². The van der Waals surface area contributed by atoms with Crippen molar-refractivity contribution in [2.75, 3.05) is 18.1 Å². The van der Waals surface area contributed by atoms with E-state index in [0.717, 1.165) is 5.56 Å². The van der Waals surface area contributed by atoms with Crippen LogP contribution in [-0.2, 0) is 0 Å². The summed E-state index contributed by atoms with van der Waals surface area (Å²) in [6, 6.07) is 3.55. The Kier molecular flexibility index (Phi) is 3.02. The lowest BCUT2D eigenvalue weighted by atomic mass is 10.2. The van der Waals surface area contributed by atoms with Gasteiger partial charge < -0.3 is 9.15 Å². The van der Waals surface area contributed by atoms with E-state index in [9.17, 15) is 4.79 Å². The number of carbonyl (C=O) groups excluding carboxylic acids is 1. The van der Waals surface area contributed by atoms with E-state index in [1.54, 1.807) is 17.2 Å². The van der Waals surface area contributed by atoms with Crippen LogP contribution >= 0.6 is 15.9 Å². The Labute approximate surface area is 118 Å². The van der Waals surface area contributed by atoms with Crippen LogP contribution in [0, 0.1) is 6.92 Å². The molecular formula is C13H11BrN2O3. The summed E-state index contributed by atoms with van der Waals surface area (Å²) < 4.78 is 11.1. The van der Waals surface area contributed by atoms with Gasteiger partial charge >= 0.3 is 0 Å². The number of carbonyl (C=O) groups is 1. The van der Waals surface area contributed by atoms with Gasteiger partial charge in [-0.25, -0.2) is 4.98 Å². The highest BCUT2D eigenvalue weighted by Crippen LogP contribution is 2.31. The average molecular weight is 323 g/mol. The molecule has 0 N–H and O–H groups in total. The predicted molar refractivity (Wildman–Crippen MR) is 72.6 cm³/mol. The molecular weight excluding hydrogens is 312 g/mol. The summed E-state index contributed by atoms with van der Waals surface area (Å²) in [5.74, 6) is 0.374. The molecule has 2 aromatic rings. The molecule has 19 heavy (non-hydrogen) atoms. The maximum absolute atomic E-state index is 12.4. The molecule has 0 aromatic carbocycles. The Bertz CT molecular complexity index is 639. The molecule has 0 bridgehead atoms. The van der Waals surface area contributed by atoms with Crippen LogP contribution in [0.2, 0.25) is 0 Å². The quantitative estimate of drug-likeness (QED) is 0.810. The third-order valence-corrected chi connectivity index (χ3v) is 3.29. The number of hydrogen-bond donors (Lipinski definition) is 0. The zero-order valence-corrected chi connectivity index (χ0v) is 11.8. The first kappa shape index (κ1) is 12.2. The van der Waals surface area contributed by atoms with Crippen LogP contribution in [0.5, 0.6) is 5.88 Å². The Balaban J connectivity index is 1.99. The van der Waals surface area contributed by atoms with E-state index in [2.05, 4.69) is 20.9 Å². The summed E-state index contributed by atoms with van der Waals surface area (Å²) in [5, 5.41) is 0. The number of ether oxygens (including phenoxy) is 1. The van der Waals surface area contributed by atoms with Gasteiger partial charge in [0.1, 0.15) is 18.6 Å². The van der Waals surface area contributed by atoms with Crippen LogP contribution in [0.25, 0.3) is 0 Å². The zero-order valence-electron chi connectivity index (χ0n) is 10.2. The fraction of sp³-hybridized carbons (Fsp3) is 0.231. The smallest absolute Gasteiger partial charge is 0.261 e. The molecule has 1 aliphatic rings. The van der Waals surface area contributed by atoms with E-state index in [1.807, 2.05) is 13.0 Å². The number of pyridine rings is 1. The number of nitrogens with zero attached hydrogens (tertiary/aromatic N) is 2. The van der Waals surface area contributed by atoms with Gasteiger partial charge in [-0.2, -0.15) is 0 Å². The molecule has 0 aliphatic carbocycles. The van der Waals surface area contributed by atoms with Gasteiger partial charge in [-0.1, -0.05) is 0 Å². The maximum Gasteiger partial charge on any atom is 0.261 e. The van der Waals surface area contributed by atoms with Gasteiger partial charge in [-0.05, 0) is 34.5 Å². The fourth-order valence-corrected chi connectivity index (χ4v) is 2.33. The highest BCUT2D eigenvalue weighted by Gasteiger charge is 2.26. The van der Waals surface area contributed by atoms with Crippen LogP contribution in [0.4, 0.5) is 5.69 Å². The highest BCUT2D eigenvalue weighted by atomic mass is 79.9. The van der Waals surface area contributed by atoms with Crippen molar-refractivity contribution in [2.45, 2.75) is 6.92 Å². The van der Waals surface area contributed by atoms with Crippen molar-refractivity contribution >= 4 is 27.5 Å². The molecule has 6 heteroatoms. The summed E-state index contributed by atoms with van der Waals surface area (Å²) in [5.41, 5.74) is 2.19. The van der Waals surface area contributed by atoms with Gasteiger partial charge in [-0.15, -0.1) is 0 Å². The van der Waals surface area contributed by atoms with Gasteiger partial charge in [0.2, 0.25) is 5.88 Å². The lowest BCUT2D eigenvalue weighted by Crippen LogP contribution is -2.38. The molecule has 0 atom stereocenters.